The van der Waals surface area contributed by atoms with E-state index in [0.29, 0.717) is 6.54 Å². The molecule has 0 saturated heterocycles. The van der Waals surface area contributed by atoms with Crippen LogP contribution in [0.4, 0.5) is 10.1 Å². The van der Waals surface area contributed by atoms with Gasteiger partial charge in [-0.15, -0.1) is 0 Å². The Morgan fingerprint density at radius 3 is 2.16 bits per heavy atom. The van der Waals surface area contributed by atoms with Crippen LogP contribution in [0.5, 0.6) is 0 Å². The van der Waals surface area contributed by atoms with Gasteiger partial charge in [-0.2, -0.15) is 0 Å². The molecule has 4 heteroatoms. The van der Waals surface area contributed by atoms with Crippen LogP contribution < -0.4 is 5.32 Å². The van der Waals surface area contributed by atoms with Crippen LogP contribution in [-0.4, -0.2) is 11.1 Å². The zero-order chi connectivity index (χ0) is 13.7. The predicted molar refractivity (Wildman–Crippen MR) is 71.5 cm³/mol. The molecule has 0 aliphatic carbocycles. The molecule has 0 saturated carbocycles. The zero-order valence-electron chi connectivity index (χ0n) is 10.3. The highest BCUT2D eigenvalue weighted by Gasteiger charge is 2.00. The summed E-state index contributed by atoms with van der Waals surface area (Å²) in [4.78, 5) is 10.5. The number of aliphatic carboxylic acids is 1. The first kappa shape index (κ1) is 13.1. The summed E-state index contributed by atoms with van der Waals surface area (Å²) in [6.07, 6.45) is 0.0260. The van der Waals surface area contributed by atoms with Crippen LogP contribution in [0.1, 0.15) is 11.1 Å². The minimum Gasteiger partial charge on any atom is -0.481 e. The zero-order valence-corrected chi connectivity index (χ0v) is 10.3. The Hall–Kier alpha value is -2.36. The van der Waals surface area contributed by atoms with Crippen LogP contribution in [0.2, 0.25) is 0 Å². The van der Waals surface area contributed by atoms with Crippen molar-refractivity contribution in [2.45, 2.75) is 13.0 Å². The number of carbonyl (C=O) groups is 1. The second-order valence-corrected chi connectivity index (χ2v) is 4.25. The molecule has 2 rings (SSSR count). The quantitative estimate of drug-likeness (QED) is 0.867. The van der Waals surface area contributed by atoms with E-state index in [1.807, 2.05) is 12.1 Å². The van der Waals surface area contributed by atoms with Crippen molar-refractivity contribution < 1.29 is 14.3 Å². The van der Waals surface area contributed by atoms with Crippen LogP contribution in [-0.2, 0) is 17.8 Å². The molecule has 2 N–H and O–H groups in total. The molecule has 2 aromatic rings. The first-order chi connectivity index (χ1) is 9.13. The minimum atomic E-state index is -0.841. The summed E-state index contributed by atoms with van der Waals surface area (Å²) >= 11 is 0. The van der Waals surface area contributed by atoms with Crippen LogP contribution in [0.15, 0.2) is 48.5 Å². The minimum absolute atomic E-state index is 0.0260. The van der Waals surface area contributed by atoms with E-state index in [0.717, 1.165) is 16.8 Å². The average molecular weight is 259 g/mol. The van der Waals surface area contributed by atoms with Crippen molar-refractivity contribution in [1.29, 1.82) is 0 Å². The largest absolute Gasteiger partial charge is 0.481 e. The highest BCUT2D eigenvalue weighted by atomic mass is 19.1. The number of hydrogen-bond acceptors (Lipinski definition) is 2. The molecule has 0 unspecified atom stereocenters. The molecule has 0 heterocycles. The van der Waals surface area contributed by atoms with Gasteiger partial charge in [0.25, 0.3) is 0 Å². The van der Waals surface area contributed by atoms with Crippen molar-refractivity contribution in [2.24, 2.45) is 0 Å². The van der Waals surface area contributed by atoms with E-state index < -0.39 is 5.97 Å². The lowest BCUT2D eigenvalue weighted by Crippen LogP contribution is -2.01. The number of carboxylic acid groups (broad SMARTS) is 1. The van der Waals surface area contributed by atoms with Gasteiger partial charge in [0, 0.05) is 12.2 Å². The van der Waals surface area contributed by atoms with Crippen LogP contribution >= 0.6 is 0 Å². The molecule has 0 atom stereocenters. The van der Waals surface area contributed by atoms with Crippen molar-refractivity contribution in [1.82, 2.24) is 0 Å². The fourth-order valence-corrected chi connectivity index (χ4v) is 1.72. The molecule has 0 amide bonds. The SMILES string of the molecule is O=C(O)Cc1ccc(NCc2ccc(F)cc2)cc1. The topological polar surface area (TPSA) is 49.3 Å². The van der Waals surface area contributed by atoms with Gasteiger partial charge in [0.05, 0.1) is 6.42 Å². The summed E-state index contributed by atoms with van der Waals surface area (Å²) in [5.74, 6) is -1.09. The molecule has 0 aliphatic rings. The standard InChI is InChI=1S/C15H14FNO2/c16-13-5-1-12(2-6-13)10-17-14-7-3-11(4-8-14)9-15(18)19/h1-8,17H,9-10H2,(H,18,19). The van der Waals surface area contributed by atoms with Gasteiger partial charge >= 0.3 is 5.97 Å². The first-order valence-electron chi connectivity index (χ1n) is 5.92. The molecular formula is C15H14FNO2. The lowest BCUT2D eigenvalue weighted by atomic mass is 10.1. The third-order valence-corrected chi connectivity index (χ3v) is 2.72. The molecule has 0 fully saturated rings. The van der Waals surface area contributed by atoms with Crippen LogP contribution in [0.3, 0.4) is 0 Å². The molecule has 19 heavy (non-hydrogen) atoms. The van der Waals surface area contributed by atoms with E-state index in [4.69, 9.17) is 5.11 Å². The summed E-state index contributed by atoms with van der Waals surface area (Å²) in [7, 11) is 0. The third kappa shape index (κ3) is 4.10. The summed E-state index contributed by atoms with van der Waals surface area (Å²) in [6, 6.07) is 13.5. The number of anilines is 1. The fourth-order valence-electron chi connectivity index (χ4n) is 1.72. The molecule has 0 spiro atoms. The maximum atomic E-state index is 12.7. The Morgan fingerprint density at radius 1 is 1.00 bits per heavy atom. The Bertz CT molecular complexity index is 549. The second kappa shape index (κ2) is 6.00. The summed E-state index contributed by atoms with van der Waals surface area (Å²) in [5.41, 5.74) is 2.65. The summed E-state index contributed by atoms with van der Waals surface area (Å²) in [6.45, 7) is 0.596. The number of benzene rings is 2. The molecule has 2 aromatic carbocycles. The molecule has 0 aromatic heterocycles. The van der Waals surface area contributed by atoms with E-state index in [-0.39, 0.29) is 12.2 Å². The van der Waals surface area contributed by atoms with E-state index in [9.17, 15) is 9.18 Å². The monoisotopic (exact) mass is 259 g/mol. The van der Waals surface area contributed by atoms with E-state index in [1.54, 1.807) is 24.3 Å². The molecule has 0 aliphatic heterocycles. The lowest BCUT2D eigenvalue weighted by molar-refractivity contribution is -0.136. The average Bonchev–Trinajstić information content (AvgIpc) is 2.39. The van der Waals surface area contributed by atoms with Crippen molar-refractivity contribution in [2.75, 3.05) is 5.32 Å². The number of nitrogens with one attached hydrogen (secondary N) is 1. The molecule has 0 radical (unpaired) electrons. The molecule has 98 valence electrons. The third-order valence-electron chi connectivity index (χ3n) is 2.72. The Morgan fingerprint density at radius 2 is 1.58 bits per heavy atom. The Balaban J connectivity index is 1.92. The van der Waals surface area contributed by atoms with Gasteiger partial charge in [-0.3, -0.25) is 4.79 Å². The van der Waals surface area contributed by atoms with Gasteiger partial charge in [-0.1, -0.05) is 24.3 Å². The van der Waals surface area contributed by atoms with Gasteiger partial charge in [-0.25, -0.2) is 4.39 Å². The van der Waals surface area contributed by atoms with Crippen LogP contribution in [0, 0.1) is 5.82 Å². The van der Waals surface area contributed by atoms with Gasteiger partial charge in [0.1, 0.15) is 5.82 Å². The predicted octanol–water partition coefficient (Wildman–Crippen LogP) is 3.06. The number of halogens is 1. The van der Waals surface area contributed by atoms with Crippen molar-refractivity contribution >= 4 is 11.7 Å². The van der Waals surface area contributed by atoms with Crippen molar-refractivity contribution in [3.05, 3.63) is 65.5 Å². The summed E-state index contributed by atoms with van der Waals surface area (Å²) in [5, 5.41) is 11.9. The Kier molecular flexibility index (Phi) is 4.13. The number of hydrogen-bond donors (Lipinski definition) is 2. The van der Waals surface area contributed by atoms with Gasteiger partial charge in [0.2, 0.25) is 0 Å². The van der Waals surface area contributed by atoms with Gasteiger partial charge in [-0.05, 0) is 35.4 Å². The molecule has 3 nitrogen and oxygen atoms in total. The van der Waals surface area contributed by atoms with Gasteiger partial charge in [0.15, 0.2) is 0 Å². The van der Waals surface area contributed by atoms with Crippen LogP contribution in [0.25, 0.3) is 0 Å². The van der Waals surface area contributed by atoms with E-state index in [1.165, 1.54) is 12.1 Å². The Labute approximate surface area is 110 Å². The second-order valence-electron chi connectivity index (χ2n) is 4.25. The van der Waals surface area contributed by atoms with Crippen molar-refractivity contribution in [3.8, 4) is 0 Å². The molecular weight excluding hydrogens is 245 g/mol. The maximum Gasteiger partial charge on any atom is 0.307 e. The van der Waals surface area contributed by atoms with Crippen molar-refractivity contribution in [3.63, 3.8) is 0 Å². The number of rotatable bonds is 5. The highest BCUT2D eigenvalue weighted by molar-refractivity contribution is 5.70. The van der Waals surface area contributed by atoms with Gasteiger partial charge < -0.3 is 10.4 Å². The smallest absolute Gasteiger partial charge is 0.307 e. The van der Waals surface area contributed by atoms with E-state index in [2.05, 4.69) is 5.32 Å². The highest BCUT2D eigenvalue weighted by Crippen LogP contribution is 2.12. The normalized spacial score (nSPS) is 10.2. The van der Waals surface area contributed by atoms with E-state index >= 15 is 0 Å². The maximum absolute atomic E-state index is 12.7. The first-order valence-corrected chi connectivity index (χ1v) is 5.92. The lowest BCUT2D eigenvalue weighted by Gasteiger charge is -2.07. The summed E-state index contributed by atoms with van der Waals surface area (Å²) < 4.78 is 12.7. The molecule has 0 bridgehead atoms. The number of carboxylic acids is 1. The fraction of sp³-hybridized carbons (Fsp3) is 0.133.